The van der Waals surface area contributed by atoms with Crippen molar-refractivity contribution in [3.63, 3.8) is 0 Å². The van der Waals surface area contributed by atoms with Crippen LogP contribution in [0.5, 0.6) is 0 Å². The number of hydrogen-bond acceptors (Lipinski definition) is 2. The third kappa shape index (κ3) is 5.79. The molecule has 0 saturated carbocycles. The van der Waals surface area contributed by atoms with Crippen LogP contribution in [0, 0.1) is 5.92 Å². The van der Waals surface area contributed by atoms with Gasteiger partial charge in [0.25, 0.3) is 0 Å². The second kappa shape index (κ2) is 5.45. The first-order valence-corrected chi connectivity index (χ1v) is 3.49. The summed E-state index contributed by atoms with van der Waals surface area (Å²) in [7, 11) is 0. The zero-order valence-corrected chi connectivity index (χ0v) is 6.76. The molecule has 0 aliphatic rings. The molecule has 1 atom stereocenters. The van der Waals surface area contributed by atoms with Crippen molar-refractivity contribution in [3.8, 4) is 0 Å². The molecule has 2 heteroatoms. The van der Waals surface area contributed by atoms with E-state index in [1.807, 2.05) is 13.8 Å². The van der Waals surface area contributed by atoms with Gasteiger partial charge in [-0.1, -0.05) is 19.1 Å². The number of ether oxygens (including phenoxy) is 1. The first-order valence-electron chi connectivity index (χ1n) is 3.49. The highest BCUT2D eigenvalue weighted by molar-refractivity contribution is 4.87. The summed E-state index contributed by atoms with van der Waals surface area (Å²) >= 11 is 0. The summed E-state index contributed by atoms with van der Waals surface area (Å²) in [4.78, 5) is 0. The Labute approximate surface area is 62.5 Å². The smallest absolute Gasteiger partial charge is 0.0671 e. The fourth-order valence-electron chi connectivity index (χ4n) is 0.487. The van der Waals surface area contributed by atoms with E-state index in [4.69, 9.17) is 9.84 Å². The molecule has 0 aliphatic heterocycles. The summed E-state index contributed by atoms with van der Waals surface area (Å²) in [5.74, 6) is 0.236. The average Bonchev–Trinajstić information content (AvgIpc) is 1.87. The minimum absolute atomic E-state index is 0.191. The van der Waals surface area contributed by atoms with Gasteiger partial charge in [-0.25, -0.2) is 0 Å². The van der Waals surface area contributed by atoms with Crippen LogP contribution in [0.4, 0.5) is 0 Å². The van der Waals surface area contributed by atoms with Crippen LogP contribution in [0.25, 0.3) is 0 Å². The Bertz CT molecular complexity index is 99.4. The number of hydrogen-bond donors (Lipinski definition) is 1. The van der Waals surface area contributed by atoms with Crippen molar-refractivity contribution < 1.29 is 9.84 Å². The number of rotatable bonds is 5. The molecule has 60 valence electrons. The van der Waals surface area contributed by atoms with Crippen molar-refractivity contribution in [2.45, 2.75) is 13.8 Å². The summed E-state index contributed by atoms with van der Waals surface area (Å²) in [5, 5.41) is 8.60. The summed E-state index contributed by atoms with van der Waals surface area (Å²) in [6, 6.07) is 0. The SMILES string of the molecule is C=C(C)COCC(C)CO. The van der Waals surface area contributed by atoms with Gasteiger partial charge in [-0.05, 0) is 6.92 Å². The summed E-state index contributed by atoms with van der Waals surface area (Å²) in [6.45, 7) is 8.96. The minimum atomic E-state index is 0.191. The Hall–Kier alpha value is -0.340. The lowest BCUT2D eigenvalue weighted by atomic mass is 10.2. The van der Waals surface area contributed by atoms with Crippen molar-refractivity contribution in [2.24, 2.45) is 5.92 Å². The molecule has 0 aliphatic carbocycles. The molecule has 0 aromatic heterocycles. The van der Waals surface area contributed by atoms with E-state index in [9.17, 15) is 0 Å². The molecule has 0 aromatic rings. The molecule has 0 spiro atoms. The first-order chi connectivity index (χ1) is 4.66. The van der Waals surface area contributed by atoms with Crippen LogP contribution < -0.4 is 0 Å². The van der Waals surface area contributed by atoms with Gasteiger partial charge in [-0.2, -0.15) is 0 Å². The first kappa shape index (κ1) is 9.66. The maximum atomic E-state index is 8.60. The molecule has 0 heterocycles. The summed E-state index contributed by atoms with van der Waals surface area (Å²) in [6.07, 6.45) is 0. The minimum Gasteiger partial charge on any atom is -0.396 e. The van der Waals surface area contributed by atoms with Crippen LogP contribution in [0.1, 0.15) is 13.8 Å². The van der Waals surface area contributed by atoms with Crippen molar-refractivity contribution >= 4 is 0 Å². The van der Waals surface area contributed by atoms with E-state index in [0.717, 1.165) is 5.57 Å². The van der Waals surface area contributed by atoms with Gasteiger partial charge < -0.3 is 9.84 Å². The fraction of sp³-hybridized carbons (Fsp3) is 0.750. The molecule has 0 bridgehead atoms. The number of aliphatic hydroxyl groups excluding tert-OH is 1. The predicted molar refractivity (Wildman–Crippen MR) is 41.9 cm³/mol. The molecular weight excluding hydrogens is 128 g/mol. The van der Waals surface area contributed by atoms with Crippen molar-refractivity contribution in [2.75, 3.05) is 19.8 Å². The van der Waals surface area contributed by atoms with E-state index in [0.29, 0.717) is 13.2 Å². The van der Waals surface area contributed by atoms with Gasteiger partial charge >= 0.3 is 0 Å². The molecule has 0 saturated heterocycles. The maximum absolute atomic E-state index is 8.60. The van der Waals surface area contributed by atoms with E-state index in [2.05, 4.69) is 6.58 Å². The van der Waals surface area contributed by atoms with Crippen molar-refractivity contribution in [3.05, 3.63) is 12.2 Å². The van der Waals surface area contributed by atoms with Crippen LogP contribution in [-0.2, 0) is 4.74 Å². The normalized spacial score (nSPS) is 13.1. The quantitative estimate of drug-likeness (QED) is 0.588. The third-order valence-corrected chi connectivity index (χ3v) is 1.06. The third-order valence-electron chi connectivity index (χ3n) is 1.06. The predicted octanol–water partition coefficient (Wildman–Crippen LogP) is 1.21. The molecule has 1 unspecified atom stereocenters. The topological polar surface area (TPSA) is 29.5 Å². The molecule has 0 radical (unpaired) electrons. The van der Waals surface area contributed by atoms with E-state index in [1.165, 1.54) is 0 Å². The number of aliphatic hydroxyl groups is 1. The van der Waals surface area contributed by atoms with Gasteiger partial charge in [0.2, 0.25) is 0 Å². The monoisotopic (exact) mass is 144 g/mol. The van der Waals surface area contributed by atoms with Gasteiger partial charge in [0.1, 0.15) is 0 Å². The largest absolute Gasteiger partial charge is 0.396 e. The van der Waals surface area contributed by atoms with E-state index < -0.39 is 0 Å². The van der Waals surface area contributed by atoms with E-state index >= 15 is 0 Å². The molecule has 0 amide bonds. The Balaban J connectivity index is 3.11. The second-order valence-electron chi connectivity index (χ2n) is 2.76. The molecule has 1 N–H and O–H groups in total. The molecule has 2 nitrogen and oxygen atoms in total. The molecule has 0 fully saturated rings. The van der Waals surface area contributed by atoms with Gasteiger partial charge in [0.15, 0.2) is 0 Å². The van der Waals surface area contributed by atoms with Gasteiger partial charge in [0, 0.05) is 12.5 Å². The highest BCUT2D eigenvalue weighted by Gasteiger charge is 1.98. The second-order valence-corrected chi connectivity index (χ2v) is 2.76. The zero-order chi connectivity index (χ0) is 7.98. The molecule has 0 rings (SSSR count). The lowest BCUT2D eigenvalue weighted by molar-refractivity contribution is 0.0941. The zero-order valence-electron chi connectivity index (χ0n) is 6.76. The average molecular weight is 144 g/mol. The van der Waals surface area contributed by atoms with Crippen LogP contribution in [0.2, 0.25) is 0 Å². The Morgan fingerprint density at radius 1 is 1.70 bits per heavy atom. The maximum Gasteiger partial charge on any atom is 0.0671 e. The Morgan fingerprint density at radius 2 is 2.30 bits per heavy atom. The summed E-state index contributed by atoms with van der Waals surface area (Å²) in [5.41, 5.74) is 1.02. The van der Waals surface area contributed by atoms with Crippen LogP contribution >= 0.6 is 0 Å². The molecule has 0 aromatic carbocycles. The lowest BCUT2D eigenvalue weighted by Crippen LogP contribution is -2.10. The standard InChI is InChI=1S/C8H16O2/c1-7(2)5-10-6-8(3)4-9/h8-9H,1,4-6H2,2-3H3. The van der Waals surface area contributed by atoms with Gasteiger partial charge in [0.05, 0.1) is 13.2 Å². The van der Waals surface area contributed by atoms with E-state index in [1.54, 1.807) is 0 Å². The van der Waals surface area contributed by atoms with Crippen LogP contribution in [-0.4, -0.2) is 24.9 Å². The highest BCUT2D eigenvalue weighted by atomic mass is 16.5. The Kier molecular flexibility index (Phi) is 5.26. The van der Waals surface area contributed by atoms with Crippen molar-refractivity contribution in [1.29, 1.82) is 0 Å². The van der Waals surface area contributed by atoms with Gasteiger partial charge in [-0.3, -0.25) is 0 Å². The van der Waals surface area contributed by atoms with Crippen LogP contribution in [0.15, 0.2) is 12.2 Å². The summed E-state index contributed by atoms with van der Waals surface area (Å²) < 4.78 is 5.19. The van der Waals surface area contributed by atoms with Crippen molar-refractivity contribution in [1.82, 2.24) is 0 Å². The lowest BCUT2D eigenvalue weighted by Gasteiger charge is -2.07. The van der Waals surface area contributed by atoms with E-state index in [-0.39, 0.29) is 12.5 Å². The highest BCUT2D eigenvalue weighted by Crippen LogP contribution is 1.95. The van der Waals surface area contributed by atoms with Gasteiger partial charge in [-0.15, -0.1) is 0 Å². The fourth-order valence-corrected chi connectivity index (χ4v) is 0.487. The molecule has 10 heavy (non-hydrogen) atoms. The molecular formula is C8H16O2. The Morgan fingerprint density at radius 3 is 2.70 bits per heavy atom. The van der Waals surface area contributed by atoms with Crippen LogP contribution in [0.3, 0.4) is 0 Å².